The van der Waals surface area contributed by atoms with Gasteiger partial charge in [-0.3, -0.25) is 4.79 Å². The summed E-state index contributed by atoms with van der Waals surface area (Å²) in [5.41, 5.74) is 0.760. The second-order valence-corrected chi connectivity index (χ2v) is 10.6. The highest BCUT2D eigenvalue weighted by Crippen LogP contribution is 2.27. The van der Waals surface area contributed by atoms with Gasteiger partial charge in [-0.15, -0.1) is 0 Å². The Balaban J connectivity index is 1.58. The molecule has 174 valence electrons. The van der Waals surface area contributed by atoms with Crippen molar-refractivity contribution in [3.05, 3.63) is 58.6 Å². The summed E-state index contributed by atoms with van der Waals surface area (Å²) in [6, 6.07) is 11.8. The van der Waals surface area contributed by atoms with Crippen molar-refractivity contribution in [3.8, 4) is 6.07 Å². The van der Waals surface area contributed by atoms with E-state index in [0.29, 0.717) is 18.8 Å². The maximum absolute atomic E-state index is 12.9. The molecule has 0 aromatic heterocycles. The Kier molecular flexibility index (Phi) is 7.74. The molecule has 1 fully saturated rings. The van der Waals surface area contributed by atoms with E-state index in [1.165, 1.54) is 46.8 Å². The molecule has 8 nitrogen and oxygen atoms in total. The number of amides is 1. The molecule has 1 aliphatic heterocycles. The minimum absolute atomic E-state index is 0.107. The van der Waals surface area contributed by atoms with Gasteiger partial charge >= 0.3 is 5.97 Å². The van der Waals surface area contributed by atoms with E-state index in [0.717, 1.165) is 6.42 Å². The van der Waals surface area contributed by atoms with Crippen LogP contribution >= 0.6 is 11.6 Å². The lowest BCUT2D eigenvalue weighted by molar-refractivity contribution is -0.119. The molecule has 0 spiro atoms. The number of ether oxygens (including phenoxy) is 1. The lowest BCUT2D eigenvalue weighted by atomic mass is 9.94. The highest BCUT2D eigenvalue weighted by atomic mass is 35.5. The number of hydrogen-bond donors (Lipinski definition) is 1. The summed E-state index contributed by atoms with van der Waals surface area (Å²) in [6.07, 6.45) is 0.989. The van der Waals surface area contributed by atoms with E-state index in [1.807, 2.05) is 19.9 Å². The monoisotopic (exact) mass is 489 g/mol. The van der Waals surface area contributed by atoms with Crippen molar-refractivity contribution in [1.29, 1.82) is 5.26 Å². The van der Waals surface area contributed by atoms with Gasteiger partial charge in [0.25, 0.3) is 5.91 Å². The molecule has 1 aliphatic rings. The van der Waals surface area contributed by atoms with Crippen LogP contribution in [0.15, 0.2) is 47.4 Å². The van der Waals surface area contributed by atoms with E-state index < -0.39 is 28.5 Å². The number of nitrogens with one attached hydrogen (secondary N) is 1. The third-order valence-corrected chi connectivity index (χ3v) is 7.43. The lowest BCUT2D eigenvalue weighted by Gasteiger charge is -2.34. The molecule has 1 N–H and O–H groups in total. The van der Waals surface area contributed by atoms with E-state index in [4.69, 9.17) is 21.6 Å². The minimum atomic E-state index is -3.65. The zero-order chi connectivity index (χ0) is 24.2. The summed E-state index contributed by atoms with van der Waals surface area (Å²) < 4.78 is 32.4. The fourth-order valence-electron chi connectivity index (χ4n) is 3.81. The van der Waals surface area contributed by atoms with E-state index >= 15 is 0 Å². The number of esters is 1. The second-order valence-electron chi connectivity index (χ2n) is 8.22. The third kappa shape index (κ3) is 6.11. The molecule has 0 bridgehead atoms. The zero-order valence-corrected chi connectivity index (χ0v) is 19.8. The van der Waals surface area contributed by atoms with Crippen molar-refractivity contribution in [2.24, 2.45) is 11.8 Å². The number of halogens is 1. The molecule has 0 aliphatic carbocycles. The van der Waals surface area contributed by atoms with Crippen molar-refractivity contribution in [2.45, 2.75) is 25.2 Å². The molecule has 0 saturated carbocycles. The smallest absolute Gasteiger partial charge is 0.338 e. The number of nitriles is 1. The Morgan fingerprint density at radius 2 is 1.79 bits per heavy atom. The summed E-state index contributed by atoms with van der Waals surface area (Å²) in [6.45, 7) is 4.46. The SMILES string of the molecule is C[C@H]1C[C@H](C)CN(S(=O)(=O)c2ccc(C(=O)OCC(=O)Nc3ccc(C#N)c(Cl)c3)cc2)C1. The normalized spacial score (nSPS) is 18.8. The molecule has 3 rings (SSSR count). The molecule has 10 heteroatoms. The van der Waals surface area contributed by atoms with E-state index in [1.54, 1.807) is 0 Å². The molecule has 0 radical (unpaired) electrons. The van der Waals surface area contributed by atoms with Crippen LogP contribution in [0.1, 0.15) is 36.2 Å². The fourth-order valence-corrected chi connectivity index (χ4v) is 5.71. The van der Waals surface area contributed by atoms with Gasteiger partial charge in [0.05, 0.1) is 21.0 Å². The second kappa shape index (κ2) is 10.3. The van der Waals surface area contributed by atoms with Gasteiger partial charge in [0.1, 0.15) is 6.07 Å². The Labute approximate surface area is 198 Å². The molecule has 1 heterocycles. The van der Waals surface area contributed by atoms with Crippen LogP contribution < -0.4 is 5.32 Å². The summed E-state index contributed by atoms with van der Waals surface area (Å²) >= 11 is 5.92. The van der Waals surface area contributed by atoms with Crippen LogP contribution in [0.5, 0.6) is 0 Å². The van der Waals surface area contributed by atoms with Crippen molar-refractivity contribution in [1.82, 2.24) is 4.31 Å². The van der Waals surface area contributed by atoms with E-state index in [-0.39, 0.29) is 32.9 Å². The maximum Gasteiger partial charge on any atom is 0.338 e. The van der Waals surface area contributed by atoms with Crippen LogP contribution in [0.4, 0.5) is 5.69 Å². The average molecular weight is 490 g/mol. The molecule has 33 heavy (non-hydrogen) atoms. The zero-order valence-electron chi connectivity index (χ0n) is 18.2. The fraction of sp³-hybridized carbons (Fsp3) is 0.348. The van der Waals surface area contributed by atoms with Crippen LogP contribution in [0.2, 0.25) is 5.02 Å². The summed E-state index contributed by atoms with van der Waals surface area (Å²) in [5, 5.41) is 11.6. The van der Waals surface area contributed by atoms with Crippen molar-refractivity contribution in [3.63, 3.8) is 0 Å². The predicted molar refractivity (Wildman–Crippen MR) is 123 cm³/mol. The topological polar surface area (TPSA) is 117 Å². The van der Waals surface area contributed by atoms with Crippen LogP contribution in [0.25, 0.3) is 0 Å². The highest BCUT2D eigenvalue weighted by Gasteiger charge is 2.31. The number of anilines is 1. The van der Waals surface area contributed by atoms with Gasteiger partial charge in [-0.05, 0) is 60.7 Å². The first-order chi connectivity index (χ1) is 15.6. The molecular formula is C23H24ClN3O5S. The Morgan fingerprint density at radius 3 is 2.36 bits per heavy atom. The van der Waals surface area contributed by atoms with Gasteiger partial charge < -0.3 is 10.1 Å². The number of piperidine rings is 1. The standard InChI is InChI=1S/C23H24ClN3O5S/c1-15-9-16(2)13-27(12-15)33(30,31)20-7-4-17(5-8-20)23(29)32-14-22(28)26-19-6-3-18(11-25)21(24)10-19/h3-8,10,15-16H,9,12-14H2,1-2H3,(H,26,28)/t15-,16-/m0/s1. The van der Waals surface area contributed by atoms with Crippen LogP contribution in [-0.4, -0.2) is 44.3 Å². The Hall–Kier alpha value is -2.93. The molecule has 2 aromatic carbocycles. The number of nitrogens with zero attached hydrogens (tertiary/aromatic N) is 2. The highest BCUT2D eigenvalue weighted by molar-refractivity contribution is 7.89. The molecule has 1 amide bonds. The number of carbonyl (C=O) groups excluding carboxylic acids is 2. The largest absolute Gasteiger partial charge is 0.452 e. The number of rotatable bonds is 6. The quantitative estimate of drug-likeness (QED) is 0.619. The first-order valence-corrected chi connectivity index (χ1v) is 12.2. The van der Waals surface area contributed by atoms with Gasteiger partial charge in [0.15, 0.2) is 6.61 Å². The van der Waals surface area contributed by atoms with Crippen LogP contribution in [-0.2, 0) is 19.6 Å². The number of hydrogen-bond acceptors (Lipinski definition) is 6. The average Bonchev–Trinajstić information content (AvgIpc) is 2.77. The Bertz CT molecular complexity index is 1180. The van der Waals surface area contributed by atoms with Gasteiger partial charge in [-0.1, -0.05) is 25.4 Å². The number of benzene rings is 2. The molecular weight excluding hydrogens is 466 g/mol. The Morgan fingerprint density at radius 1 is 1.15 bits per heavy atom. The van der Waals surface area contributed by atoms with Crippen molar-refractivity contribution < 1.29 is 22.7 Å². The van der Waals surface area contributed by atoms with Gasteiger partial charge in [0.2, 0.25) is 10.0 Å². The van der Waals surface area contributed by atoms with Gasteiger partial charge in [0, 0.05) is 18.8 Å². The van der Waals surface area contributed by atoms with E-state index in [9.17, 15) is 18.0 Å². The number of carbonyl (C=O) groups is 2. The van der Waals surface area contributed by atoms with Crippen molar-refractivity contribution in [2.75, 3.05) is 25.0 Å². The third-order valence-electron chi connectivity index (χ3n) is 5.27. The summed E-state index contributed by atoms with van der Waals surface area (Å²) in [4.78, 5) is 24.4. The molecule has 2 aromatic rings. The molecule has 2 atom stereocenters. The maximum atomic E-state index is 12.9. The first-order valence-electron chi connectivity index (χ1n) is 10.4. The molecule has 1 saturated heterocycles. The summed E-state index contributed by atoms with van der Waals surface area (Å²) in [7, 11) is -3.65. The lowest BCUT2D eigenvalue weighted by Crippen LogP contribution is -2.42. The van der Waals surface area contributed by atoms with Crippen LogP contribution in [0.3, 0.4) is 0 Å². The first kappa shape index (κ1) is 24.7. The van der Waals surface area contributed by atoms with Gasteiger partial charge in [-0.25, -0.2) is 13.2 Å². The van der Waals surface area contributed by atoms with Gasteiger partial charge in [-0.2, -0.15) is 9.57 Å². The molecule has 0 unspecified atom stereocenters. The minimum Gasteiger partial charge on any atom is -0.452 e. The van der Waals surface area contributed by atoms with Crippen LogP contribution in [0, 0.1) is 23.2 Å². The van der Waals surface area contributed by atoms with Crippen molar-refractivity contribution >= 4 is 39.2 Å². The number of sulfonamides is 1. The van der Waals surface area contributed by atoms with E-state index in [2.05, 4.69) is 5.32 Å². The summed E-state index contributed by atoms with van der Waals surface area (Å²) in [5.74, 6) is -0.780. The predicted octanol–water partition coefficient (Wildman–Crippen LogP) is 3.67.